The molecule has 0 spiro atoms. The topological polar surface area (TPSA) is 71.8 Å². The van der Waals surface area contributed by atoms with Gasteiger partial charge in [0.25, 0.3) is 0 Å². The van der Waals surface area contributed by atoms with Crippen LogP contribution in [-0.4, -0.2) is 25.2 Å². The Hall–Kier alpha value is -3.28. The third-order valence-corrected chi connectivity index (χ3v) is 5.91. The summed E-state index contributed by atoms with van der Waals surface area (Å²) in [6.45, 7) is 2.65. The molecule has 1 heterocycles. The molecule has 4 rings (SSSR count). The number of esters is 1. The normalized spacial score (nSPS) is 14.3. The second-order valence-electron chi connectivity index (χ2n) is 8.24. The minimum Gasteiger partial charge on any atom is -0.465 e. The molecule has 0 saturated heterocycles. The van der Waals surface area contributed by atoms with Crippen molar-refractivity contribution in [3.63, 3.8) is 0 Å². The molecule has 0 radical (unpaired) electrons. The van der Waals surface area contributed by atoms with Gasteiger partial charge in [-0.3, -0.25) is 4.79 Å². The third-order valence-electron chi connectivity index (χ3n) is 5.91. The summed E-state index contributed by atoms with van der Waals surface area (Å²) < 4.78 is 11.1. The SMILES string of the molecule is CCOC(=O)CN(Cc1ccccc1)c1c(NC2CCCCC2)oc(=O)c2ccccc12. The highest BCUT2D eigenvalue weighted by atomic mass is 16.5. The molecule has 2 aromatic carbocycles. The Morgan fingerprint density at radius 1 is 1.03 bits per heavy atom. The van der Waals surface area contributed by atoms with Crippen LogP contribution in [0.5, 0.6) is 0 Å². The van der Waals surface area contributed by atoms with Crippen LogP contribution in [0.4, 0.5) is 11.6 Å². The molecule has 1 aliphatic rings. The van der Waals surface area contributed by atoms with Crippen LogP contribution in [-0.2, 0) is 16.1 Å². The number of anilines is 2. The summed E-state index contributed by atoms with van der Waals surface area (Å²) in [4.78, 5) is 27.3. The van der Waals surface area contributed by atoms with Crippen molar-refractivity contribution in [2.75, 3.05) is 23.4 Å². The van der Waals surface area contributed by atoms with Gasteiger partial charge in [-0.2, -0.15) is 0 Å². The summed E-state index contributed by atoms with van der Waals surface area (Å²) >= 11 is 0. The largest absolute Gasteiger partial charge is 0.465 e. The fourth-order valence-electron chi connectivity index (χ4n) is 4.41. The lowest BCUT2D eigenvalue weighted by molar-refractivity contribution is -0.141. The zero-order valence-corrected chi connectivity index (χ0v) is 18.5. The molecule has 0 aliphatic heterocycles. The van der Waals surface area contributed by atoms with Crippen LogP contribution >= 0.6 is 0 Å². The lowest BCUT2D eigenvalue weighted by Crippen LogP contribution is -2.33. The van der Waals surface area contributed by atoms with Crippen molar-refractivity contribution in [1.82, 2.24) is 0 Å². The first-order valence-corrected chi connectivity index (χ1v) is 11.4. The van der Waals surface area contributed by atoms with Gasteiger partial charge in [-0.25, -0.2) is 4.79 Å². The molecule has 0 unspecified atom stereocenters. The summed E-state index contributed by atoms with van der Waals surface area (Å²) in [5, 5.41) is 4.76. The first-order valence-electron chi connectivity index (χ1n) is 11.4. The number of hydrogen-bond donors (Lipinski definition) is 1. The van der Waals surface area contributed by atoms with E-state index in [4.69, 9.17) is 9.15 Å². The van der Waals surface area contributed by atoms with E-state index < -0.39 is 0 Å². The second-order valence-corrected chi connectivity index (χ2v) is 8.24. The Bertz CT molecular complexity index is 1100. The molecule has 168 valence electrons. The van der Waals surface area contributed by atoms with Crippen molar-refractivity contribution in [2.45, 2.75) is 51.6 Å². The van der Waals surface area contributed by atoms with Crippen LogP contribution in [0.15, 0.2) is 63.8 Å². The van der Waals surface area contributed by atoms with Gasteiger partial charge in [0.15, 0.2) is 0 Å². The monoisotopic (exact) mass is 434 g/mol. The predicted octanol–water partition coefficient (Wildman–Crippen LogP) is 5.11. The molecular formula is C26H30N2O4. The van der Waals surface area contributed by atoms with E-state index in [0.717, 1.165) is 42.3 Å². The molecule has 1 aromatic heterocycles. The lowest BCUT2D eigenvalue weighted by Gasteiger charge is -2.29. The quantitative estimate of drug-likeness (QED) is 0.497. The van der Waals surface area contributed by atoms with Gasteiger partial charge in [0.2, 0.25) is 5.88 Å². The summed E-state index contributed by atoms with van der Waals surface area (Å²) in [5.41, 5.74) is 1.40. The number of hydrogen-bond acceptors (Lipinski definition) is 6. The van der Waals surface area contributed by atoms with Gasteiger partial charge in [-0.05, 0) is 31.4 Å². The standard InChI is InChI=1S/C26H30N2O4/c1-2-31-23(29)18-28(17-19-11-5-3-6-12-19)24-21-15-9-10-16-22(21)26(30)32-25(24)27-20-13-7-4-8-14-20/h3,5-6,9-12,15-16,20,27H,2,4,7-8,13-14,17-18H2,1H3. The van der Waals surface area contributed by atoms with Crippen LogP contribution < -0.4 is 15.8 Å². The van der Waals surface area contributed by atoms with Gasteiger partial charge in [-0.1, -0.05) is 67.8 Å². The minimum atomic E-state index is -0.376. The number of carbonyl (C=O) groups excluding carboxylic acids is 1. The summed E-state index contributed by atoms with van der Waals surface area (Å²) in [5.74, 6) is 0.114. The molecular weight excluding hydrogens is 404 g/mol. The van der Waals surface area contributed by atoms with E-state index in [0.29, 0.717) is 24.4 Å². The third kappa shape index (κ3) is 5.13. The van der Waals surface area contributed by atoms with Crippen LogP contribution in [0.1, 0.15) is 44.6 Å². The number of rotatable bonds is 8. The van der Waals surface area contributed by atoms with E-state index in [1.165, 1.54) is 6.42 Å². The van der Waals surface area contributed by atoms with Crippen molar-refractivity contribution in [3.8, 4) is 0 Å². The van der Waals surface area contributed by atoms with Crippen LogP contribution in [0.2, 0.25) is 0 Å². The summed E-state index contributed by atoms with van der Waals surface area (Å²) in [6, 6.07) is 17.6. The molecule has 0 amide bonds. The van der Waals surface area contributed by atoms with Gasteiger partial charge in [-0.15, -0.1) is 0 Å². The van der Waals surface area contributed by atoms with Crippen LogP contribution in [0.3, 0.4) is 0 Å². The Balaban J connectivity index is 1.81. The fourth-order valence-corrected chi connectivity index (χ4v) is 4.41. The molecule has 0 bridgehead atoms. The van der Waals surface area contributed by atoms with Crippen LogP contribution in [0.25, 0.3) is 10.8 Å². The van der Waals surface area contributed by atoms with E-state index in [-0.39, 0.29) is 24.2 Å². The number of nitrogens with one attached hydrogen (secondary N) is 1. The minimum absolute atomic E-state index is 0.0554. The first-order chi connectivity index (χ1) is 15.7. The number of benzene rings is 2. The van der Waals surface area contributed by atoms with E-state index in [1.807, 2.05) is 53.4 Å². The second kappa shape index (κ2) is 10.4. The number of fused-ring (bicyclic) bond motifs is 1. The van der Waals surface area contributed by atoms with Gasteiger partial charge in [0, 0.05) is 18.0 Å². The van der Waals surface area contributed by atoms with E-state index in [1.54, 1.807) is 13.0 Å². The average Bonchev–Trinajstić information content (AvgIpc) is 2.80. The fraction of sp³-hybridized carbons (Fsp3) is 0.385. The van der Waals surface area contributed by atoms with E-state index in [9.17, 15) is 9.59 Å². The maximum absolute atomic E-state index is 12.8. The highest BCUT2D eigenvalue weighted by Gasteiger charge is 2.25. The smallest absolute Gasteiger partial charge is 0.345 e. The number of nitrogens with zero attached hydrogens (tertiary/aromatic N) is 1. The molecule has 1 N–H and O–H groups in total. The molecule has 6 nitrogen and oxygen atoms in total. The summed E-state index contributed by atoms with van der Waals surface area (Å²) in [6.07, 6.45) is 5.61. The van der Waals surface area contributed by atoms with Crippen molar-refractivity contribution in [1.29, 1.82) is 0 Å². The van der Waals surface area contributed by atoms with Gasteiger partial charge in [0.05, 0.1) is 12.0 Å². The maximum atomic E-state index is 12.8. The van der Waals surface area contributed by atoms with Gasteiger partial charge < -0.3 is 19.4 Å². The summed E-state index contributed by atoms with van der Waals surface area (Å²) in [7, 11) is 0. The molecule has 6 heteroatoms. The maximum Gasteiger partial charge on any atom is 0.345 e. The zero-order chi connectivity index (χ0) is 22.3. The van der Waals surface area contributed by atoms with Crippen molar-refractivity contribution >= 4 is 28.3 Å². The Morgan fingerprint density at radius 3 is 2.44 bits per heavy atom. The molecule has 32 heavy (non-hydrogen) atoms. The van der Waals surface area contributed by atoms with E-state index in [2.05, 4.69) is 5.32 Å². The number of ether oxygens (including phenoxy) is 1. The molecule has 1 saturated carbocycles. The molecule has 3 aromatic rings. The molecule has 0 atom stereocenters. The first kappa shape index (κ1) is 21.9. The van der Waals surface area contributed by atoms with Crippen molar-refractivity contribution < 1.29 is 13.9 Å². The van der Waals surface area contributed by atoms with Gasteiger partial charge >= 0.3 is 11.6 Å². The van der Waals surface area contributed by atoms with Crippen molar-refractivity contribution in [2.24, 2.45) is 0 Å². The predicted molar refractivity (Wildman–Crippen MR) is 127 cm³/mol. The highest BCUT2D eigenvalue weighted by molar-refractivity contribution is 5.99. The number of carbonyl (C=O) groups is 1. The average molecular weight is 435 g/mol. The van der Waals surface area contributed by atoms with E-state index >= 15 is 0 Å². The van der Waals surface area contributed by atoms with Crippen molar-refractivity contribution in [3.05, 3.63) is 70.6 Å². The zero-order valence-electron chi connectivity index (χ0n) is 18.5. The lowest BCUT2D eigenvalue weighted by atomic mass is 9.95. The Kier molecular flexibility index (Phi) is 7.10. The Morgan fingerprint density at radius 2 is 1.72 bits per heavy atom. The highest BCUT2D eigenvalue weighted by Crippen LogP contribution is 2.35. The van der Waals surface area contributed by atoms with Crippen LogP contribution in [0, 0.1) is 0 Å². The molecule has 1 fully saturated rings. The molecule has 1 aliphatic carbocycles. The van der Waals surface area contributed by atoms with Gasteiger partial charge in [0.1, 0.15) is 12.2 Å². The Labute approximate surface area is 188 Å².